The summed E-state index contributed by atoms with van der Waals surface area (Å²) in [7, 11) is 0. The van der Waals surface area contributed by atoms with Gasteiger partial charge in [0.05, 0.1) is 40.3 Å². The highest BCUT2D eigenvalue weighted by Gasteiger charge is 2.32. The Balaban J connectivity index is 1.80. The van der Waals surface area contributed by atoms with Crippen LogP contribution in [0.3, 0.4) is 0 Å². The number of nitriles is 1. The number of hydrogen-bond acceptors (Lipinski definition) is 13. The fourth-order valence-corrected chi connectivity index (χ4v) is 4.89. The minimum absolute atomic E-state index is 0.00321. The number of hydrogen-bond donors (Lipinski definition) is 3. The summed E-state index contributed by atoms with van der Waals surface area (Å²) in [5.74, 6) is -3.15. The highest BCUT2D eigenvalue weighted by molar-refractivity contribution is 6.36. The molecular weight excluding hydrogens is 638 g/mol. The van der Waals surface area contributed by atoms with Crippen molar-refractivity contribution in [1.29, 1.82) is 5.26 Å². The molecule has 2 amide bonds. The van der Waals surface area contributed by atoms with Gasteiger partial charge in [-0.05, 0) is 26.0 Å². The number of benzene rings is 1. The second-order valence-electron chi connectivity index (χ2n) is 9.79. The lowest BCUT2D eigenvalue weighted by atomic mass is 10.1. The predicted octanol–water partition coefficient (Wildman–Crippen LogP) is 2.04. The third-order valence-electron chi connectivity index (χ3n) is 6.94. The second kappa shape index (κ2) is 14.9. The summed E-state index contributed by atoms with van der Waals surface area (Å²) in [5, 5.41) is 26.0. The van der Waals surface area contributed by atoms with Crippen molar-refractivity contribution in [3.63, 3.8) is 0 Å². The van der Waals surface area contributed by atoms with Gasteiger partial charge in [0.1, 0.15) is 0 Å². The Labute approximate surface area is 272 Å². The molecule has 19 heteroatoms. The molecule has 1 atom stereocenters. The van der Waals surface area contributed by atoms with Crippen LogP contribution in [0.2, 0.25) is 5.02 Å². The number of ether oxygens (including phenoxy) is 2. The molecule has 3 aromatic rings. The zero-order valence-corrected chi connectivity index (χ0v) is 25.8. The number of fused-ring (bicyclic) bond motifs is 1. The van der Waals surface area contributed by atoms with Gasteiger partial charge in [0.25, 0.3) is 17.4 Å². The predicted molar refractivity (Wildman–Crippen MR) is 166 cm³/mol. The number of amides is 2. The summed E-state index contributed by atoms with van der Waals surface area (Å²) in [6.45, 7) is 12.2. The lowest BCUT2D eigenvalue weighted by Crippen LogP contribution is -2.53. The van der Waals surface area contributed by atoms with Crippen molar-refractivity contribution in [2.75, 3.05) is 54.6 Å². The summed E-state index contributed by atoms with van der Waals surface area (Å²) < 4.78 is 11.1. The largest absolute Gasteiger partial charge is 0.478 e. The number of rotatable bonds is 11. The van der Waals surface area contributed by atoms with Crippen molar-refractivity contribution in [3.05, 3.63) is 52.5 Å². The van der Waals surface area contributed by atoms with E-state index >= 15 is 0 Å². The lowest BCUT2D eigenvalue weighted by Gasteiger charge is -2.38. The summed E-state index contributed by atoms with van der Waals surface area (Å²) >= 11 is 6.94. The van der Waals surface area contributed by atoms with E-state index in [1.807, 2.05) is 15.9 Å². The van der Waals surface area contributed by atoms with Crippen LogP contribution in [0.5, 0.6) is 0 Å². The van der Waals surface area contributed by atoms with Crippen LogP contribution in [0.1, 0.15) is 19.4 Å². The van der Waals surface area contributed by atoms with Crippen LogP contribution in [-0.4, -0.2) is 99.1 Å². The topological polar surface area (TPSA) is 226 Å². The number of piperazine rings is 1. The van der Waals surface area contributed by atoms with Crippen molar-refractivity contribution < 1.29 is 33.8 Å². The number of imidazole rings is 1. The molecule has 1 fully saturated rings. The van der Waals surface area contributed by atoms with Gasteiger partial charge in [0.15, 0.2) is 5.82 Å². The molecule has 47 heavy (non-hydrogen) atoms. The summed E-state index contributed by atoms with van der Waals surface area (Å²) in [4.78, 5) is 64.6. The fourth-order valence-electron chi connectivity index (χ4n) is 4.57. The van der Waals surface area contributed by atoms with E-state index < -0.39 is 36.8 Å². The molecule has 0 aliphatic carbocycles. The molecule has 18 nitrogen and oxygen atoms in total. The maximum absolute atomic E-state index is 13.7. The average Bonchev–Trinajstić information content (AvgIpc) is 3.48. The van der Waals surface area contributed by atoms with E-state index in [9.17, 15) is 24.4 Å². The molecule has 0 bridgehead atoms. The second-order valence-corrected chi connectivity index (χ2v) is 10.2. The van der Waals surface area contributed by atoms with Gasteiger partial charge >= 0.3 is 18.0 Å². The fraction of sp³-hybridized carbons (Fsp3) is 0.321. The molecule has 3 heterocycles. The number of carboxylic acids is 1. The Morgan fingerprint density at radius 1 is 1.26 bits per heavy atom. The smallest absolute Gasteiger partial charge is 0.424 e. The summed E-state index contributed by atoms with van der Waals surface area (Å²) in [6, 6.07) is 4.41. The van der Waals surface area contributed by atoms with Gasteiger partial charge in [-0.25, -0.2) is 24.3 Å². The van der Waals surface area contributed by atoms with Gasteiger partial charge in [-0.15, -0.1) is 4.52 Å². The van der Waals surface area contributed by atoms with E-state index in [2.05, 4.69) is 25.2 Å². The first-order valence-corrected chi connectivity index (χ1v) is 14.3. The minimum atomic E-state index is -1.39. The van der Waals surface area contributed by atoms with Gasteiger partial charge in [-0.2, -0.15) is 10.2 Å². The van der Waals surface area contributed by atoms with E-state index in [-0.39, 0.29) is 39.5 Å². The molecule has 0 unspecified atom stereocenters. The number of nitrogens with one attached hydrogen (secondary N) is 1. The number of halogens is 1. The van der Waals surface area contributed by atoms with Crippen molar-refractivity contribution >= 4 is 70.1 Å². The number of carbonyl (C=O) groups excluding carboxylic acids is 3. The number of carbonyl (C=O) groups is 4. The first kappa shape index (κ1) is 33.9. The van der Waals surface area contributed by atoms with E-state index in [1.165, 1.54) is 12.3 Å². The first-order valence-electron chi connectivity index (χ1n) is 13.9. The maximum atomic E-state index is 13.7. The number of aromatic nitrogens is 4. The van der Waals surface area contributed by atoms with Crippen LogP contribution < -0.4 is 20.9 Å². The molecule has 244 valence electrons. The zero-order valence-electron chi connectivity index (χ0n) is 25.1. The number of nitrogens with zero attached hydrogens (tertiary/aromatic N) is 9. The number of primary amides is 1. The average molecular weight is 666 g/mol. The van der Waals surface area contributed by atoms with Crippen LogP contribution in [-0.2, 0) is 23.9 Å². The lowest BCUT2D eigenvalue weighted by molar-refractivity contribution is -0.146. The molecule has 0 radical (unpaired) electrons. The molecular formula is C28H28ClN11O7. The van der Waals surface area contributed by atoms with Crippen LogP contribution in [0, 0.1) is 17.9 Å². The molecule has 1 aliphatic rings. The third kappa shape index (κ3) is 7.64. The van der Waals surface area contributed by atoms with Crippen LogP contribution in [0.4, 0.5) is 33.8 Å². The molecule has 0 saturated carbocycles. The quantitative estimate of drug-likeness (QED) is 0.115. The van der Waals surface area contributed by atoms with Crippen molar-refractivity contribution in [2.45, 2.75) is 19.9 Å². The normalized spacial score (nSPS) is 13.9. The Hall–Kier alpha value is -5.98. The molecule has 1 aromatic carbocycles. The van der Waals surface area contributed by atoms with Gasteiger partial charge in [0.2, 0.25) is 12.7 Å². The van der Waals surface area contributed by atoms with Crippen LogP contribution >= 0.6 is 11.6 Å². The van der Waals surface area contributed by atoms with Crippen molar-refractivity contribution in [3.8, 4) is 6.07 Å². The number of nitrogens with two attached hydrogens (primary N) is 1. The Morgan fingerprint density at radius 2 is 1.98 bits per heavy atom. The van der Waals surface area contributed by atoms with Crippen molar-refractivity contribution in [2.24, 2.45) is 5.73 Å². The number of carboxylic acid groups (broad SMARTS) is 1. The van der Waals surface area contributed by atoms with Gasteiger partial charge in [-0.1, -0.05) is 23.3 Å². The Kier molecular flexibility index (Phi) is 10.7. The number of anilines is 4. The highest BCUT2D eigenvalue weighted by Crippen LogP contribution is 2.40. The molecule has 2 aromatic heterocycles. The molecule has 1 saturated heterocycles. The molecule has 1 aliphatic heterocycles. The molecule has 0 spiro atoms. The molecule has 4 N–H and O–H groups in total. The summed E-state index contributed by atoms with van der Waals surface area (Å²) in [6.07, 6.45) is 1.25. The maximum Gasteiger partial charge on any atom is 0.424 e. The van der Waals surface area contributed by atoms with Crippen LogP contribution in [0.15, 0.2) is 30.5 Å². The monoisotopic (exact) mass is 665 g/mol. The number of esters is 1. The van der Waals surface area contributed by atoms with Crippen LogP contribution in [0.25, 0.3) is 10.5 Å². The van der Waals surface area contributed by atoms with Gasteiger partial charge in [-0.3, -0.25) is 9.69 Å². The van der Waals surface area contributed by atoms with Gasteiger partial charge < -0.3 is 35.4 Å². The van der Waals surface area contributed by atoms with E-state index in [1.54, 1.807) is 19.9 Å². The third-order valence-corrected chi connectivity index (χ3v) is 7.33. The first-order chi connectivity index (χ1) is 22.5. The number of aliphatic carboxylic acids is 1. The van der Waals surface area contributed by atoms with E-state index in [0.717, 1.165) is 9.42 Å². The standard InChI is InChI=1S/C28H28ClN11O7/c1-4-33-25-26-34-14-20(32-3)40(26)36-27(35-25)39(28(45)47-15-46-22(43)6-5-21(41)42)19-12-17(13-30)11-18(23(19)29)38-9-7-37(8-10-38)16(2)24(31)44/h5-6,11-12,14,16H,4,7-10,15H2,1-2H3,(H2,31,44)(H,41,42)(H,33,35,36)/b6-5+/t16-/m0/s1. The Bertz CT molecular complexity index is 1820. The minimum Gasteiger partial charge on any atom is -0.478 e. The van der Waals surface area contributed by atoms with E-state index in [0.29, 0.717) is 50.6 Å². The zero-order chi connectivity index (χ0) is 34.2. The molecule has 4 rings (SSSR count). The summed E-state index contributed by atoms with van der Waals surface area (Å²) in [5.41, 5.74) is 6.07. The SMILES string of the molecule is [C-]#[N+]c1cnc2c(NCC)nc(N(C(=O)OCOC(=O)/C=C/C(=O)O)c3cc(C#N)cc(N4CCN([C@@H](C)C(N)=O)CC4)c3Cl)nn12. The highest BCUT2D eigenvalue weighted by atomic mass is 35.5. The van der Waals surface area contributed by atoms with Gasteiger partial charge in [0, 0.05) is 44.9 Å². The Morgan fingerprint density at radius 3 is 2.60 bits per heavy atom. The van der Waals surface area contributed by atoms with E-state index in [4.69, 9.17) is 38.5 Å². The van der Waals surface area contributed by atoms with Crippen molar-refractivity contribution in [1.82, 2.24) is 24.5 Å².